The fourth-order valence-corrected chi connectivity index (χ4v) is 5.55. The number of rotatable bonds is 5. The summed E-state index contributed by atoms with van der Waals surface area (Å²) in [6.07, 6.45) is 11.5. The van der Waals surface area contributed by atoms with Crippen LogP contribution in [0, 0.1) is 17.8 Å². The third-order valence-corrected chi connectivity index (χ3v) is 6.01. The molecule has 5 rings (SSSR count). The van der Waals surface area contributed by atoms with E-state index in [0.717, 1.165) is 36.6 Å². The molecule has 4 fully saturated rings. The van der Waals surface area contributed by atoms with Gasteiger partial charge in [0.25, 0.3) is 0 Å². The first-order chi connectivity index (χ1) is 10.1. The number of hydrogen-bond acceptors (Lipinski definition) is 3. The van der Waals surface area contributed by atoms with E-state index in [1.54, 1.807) is 0 Å². The molecule has 1 aromatic heterocycles. The van der Waals surface area contributed by atoms with Gasteiger partial charge in [0.05, 0.1) is 6.20 Å². The summed E-state index contributed by atoms with van der Waals surface area (Å²) >= 11 is 0. The molecular weight excluding hydrogens is 260 g/mol. The molecule has 1 heterocycles. The van der Waals surface area contributed by atoms with Crippen molar-refractivity contribution in [1.29, 1.82) is 0 Å². The van der Waals surface area contributed by atoms with Gasteiger partial charge in [-0.15, -0.1) is 0 Å². The lowest BCUT2D eigenvalue weighted by atomic mass is 9.49. The Kier molecular flexibility index (Phi) is 3.36. The van der Waals surface area contributed by atoms with Crippen LogP contribution < -0.4 is 5.32 Å². The quantitative estimate of drug-likeness (QED) is 0.898. The van der Waals surface area contributed by atoms with Gasteiger partial charge in [-0.25, -0.2) is 4.98 Å². The lowest BCUT2D eigenvalue weighted by molar-refractivity contribution is -0.0156. The second-order valence-corrected chi connectivity index (χ2v) is 8.17. The molecule has 21 heavy (non-hydrogen) atoms. The van der Waals surface area contributed by atoms with Crippen LogP contribution in [0.5, 0.6) is 0 Å². The highest BCUT2D eigenvalue weighted by atomic mass is 16.4. The second-order valence-electron chi connectivity index (χ2n) is 8.17. The standard InChI is InChI=1S/C18H28N2O/c1-12(2)19-4-3-17-20-11-16(21-17)18-8-13-5-14(9-18)7-15(6-13)10-18/h11-15,19H,3-10H2,1-2H3. The summed E-state index contributed by atoms with van der Waals surface area (Å²) in [5, 5.41) is 3.44. The van der Waals surface area contributed by atoms with Crippen molar-refractivity contribution < 1.29 is 4.42 Å². The van der Waals surface area contributed by atoms with Crippen LogP contribution in [-0.4, -0.2) is 17.6 Å². The lowest BCUT2D eigenvalue weighted by Gasteiger charge is -2.55. The van der Waals surface area contributed by atoms with Crippen molar-refractivity contribution in [1.82, 2.24) is 10.3 Å². The topological polar surface area (TPSA) is 38.1 Å². The molecular formula is C18H28N2O. The van der Waals surface area contributed by atoms with Gasteiger partial charge in [0, 0.05) is 24.4 Å². The Hall–Kier alpha value is -0.830. The van der Waals surface area contributed by atoms with Crippen LogP contribution in [0.25, 0.3) is 0 Å². The summed E-state index contributed by atoms with van der Waals surface area (Å²) in [4.78, 5) is 4.56. The normalized spacial score (nSPS) is 37.6. The third-order valence-electron chi connectivity index (χ3n) is 6.01. The fourth-order valence-electron chi connectivity index (χ4n) is 5.55. The van der Waals surface area contributed by atoms with Gasteiger partial charge in [0.15, 0.2) is 5.89 Å². The predicted molar refractivity (Wildman–Crippen MR) is 83.2 cm³/mol. The Bertz CT molecular complexity index is 470. The molecule has 0 radical (unpaired) electrons. The number of hydrogen-bond donors (Lipinski definition) is 1. The molecule has 0 spiro atoms. The summed E-state index contributed by atoms with van der Waals surface area (Å²) in [7, 11) is 0. The van der Waals surface area contributed by atoms with Gasteiger partial charge in [-0.2, -0.15) is 0 Å². The molecule has 1 aromatic rings. The maximum atomic E-state index is 6.20. The number of nitrogens with zero attached hydrogens (tertiary/aromatic N) is 1. The van der Waals surface area contributed by atoms with E-state index in [0.29, 0.717) is 11.5 Å². The van der Waals surface area contributed by atoms with Crippen molar-refractivity contribution >= 4 is 0 Å². The van der Waals surface area contributed by atoms with Crippen LogP contribution in [0.4, 0.5) is 0 Å². The minimum atomic E-state index is 0.353. The van der Waals surface area contributed by atoms with Crippen molar-refractivity contribution in [2.45, 2.75) is 70.3 Å². The van der Waals surface area contributed by atoms with Gasteiger partial charge in [-0.3, -0.25) is 0 Å². The smallest absolute Gasteiger partial charge is 0.195 e. The van der Waals surface area contributed by atoms with Crippen LogP contribution in [-0.2, 0) is 11.8 Å². The maximum Gasteiger partial charge on any atom is 0.195 e. The number of oxazole rings is 1. The van der Waals surface area contributed by atoms with E-state index in [4.69, 9.17) is 4.42 Å². The molecule has 3 heteroatoms. The summed E-state index contributed by atoms with van der Waals surface area (Å²) in [6, 6.07) is 0.530. The number of nitrogens with one attached hydrogen (secondary N) is 1. The second kappa shape index (κ2) is 5.12. The van der Waals surface area contributed by atoms with Gasteiger partial charge in [-0.1, -0.05) is 13.8 Å². The molecule has 1 N–H and O–H groups in total. The molecule has 4 aliphatic carbocycles. The average molecular weight is 288 g/mol. The molecule has 4 aliphatic rings. The van der Waals surface area contributed by atoms with E-state index in [1.165, 1.54) is 44.3 Å². The first-order valence-electron chi connectivity index (χ1n) is 8.81. The van der Waals surface area contributed by atoms with Gasteiger partial charge in [-0.05, 0) is 56.3 Å². The summed E-state index contributed by atoms with van der Waals surface area (Å²) in [6.45, 7) is 5.31. The Morgan fingerprint density at radius 1 is 1.19 bits per heavy atom. The maximum absolute atomic E-state index is 6.20. The summed E-state index contributed by atoms with van der Waals surface area (Å²) in [5.41, 5.74) is 0.353. The van der Waals surface area contributed by atoms with E-state index >= 15 is 0 Å². The Balaban J connectivity index is 1.48. The van der Waals surface area contributed by atoms with Crippen LogP contribution in [0.3, 0.4) is 0 Å². The zero-order valence-corrected chi connectivity index (χ0v) is 13.4. The van der Waals surface area contributed by atoms with Crippen LogP contribution in [0.1, 0.15) is 64.0 Å². The molecule has 3 nitrogen and oxygen atoms in total. The molecule has 0 aromatic carbocycles. The first-order valence-corrected chi connectivity index (χ1v) is 8.81. The molecule has 0 aliphatic heterocycles. The van der Waals surface area contributed by atoms with Crippen molar-refractivity contribution in [3.8, 4) is 0 Å². The molecule has 116 valence electrons. The van der Waals surface area contributed by atoms with Gasteiger partial charge >= 0.3 is 0 Å². The minimum absolute atomic E-state index is 0.353. The Morgan fingerprint density at radius 2 is 1.81 bits per heavy atom. The molecule has 4 bridgehead atoms. The van der Waals surface area contributed by atoms with Crippen molar-refractivity contribution in [3.05, 3.63) is 17.8 Å². The van der Waals surface area contributed by atoms with E-state index in [2.05, 4.69) is 30.3 Å². The van der Waals surface area contributed by atoms with Crippen LogP contribution in [0.15, 0.2) is 10.6 Å². The highest BCUT2D eigenvalue weighted by Crippen LogP contribution is 2.60. The van der Waals surface area contributed by atoms with E-state index < -0.39 is 0 Å². The first kappa shape index (κ1) is 13.8. The highest BCUT2D eigenvalue weighted by Gasteiger charge is 2.53. The Labute approximate surface area is 127 Å². The zero-order valence-electron chi connectivity index (χ0n) is 13.4. The van der Waals surface area contributed by atoms with Gasteiger partial charge in [0.1, 0.15) is 5.76 Å². The predicted octanol–water partition coefficient (Wildman–Crippen LogP) is 3.68. The molecule has 4 saturated carbocycles. The average Bonchev–Trinajstić information content (AvgIpc) is 2.86. The molecule has 0 saturated heterocycles. The minimum Gasteiger partial charge on any atom is -0.445 e. The Morgan fingerprint density at radius 3 is 2.38 bits per heavy atom. The summed E-state index contributed by atoms with van der Waals surface area (Å²) in [5.74, 6) is 5.03. The van der Waals surface area contributed by atoms with Gasteiger partial charge < -0.3 is 9.73 Å². The van der Waals surface area contributed by atoms with Crippen LogP contribution >= 0.6 is 0 Å². The van der Waals surface area contributed by atoms with Crippen molar-refractivity contribution in [2.24, 2.45) is 17.8 Å². The molecule has 0 amide bonds. The van der Waals surface area contributed by atoms with Gasteiger partial charge in [0.2, 0.25) is 0 Å². The fraction of sp³-hybridized carbons (Fsp3) is 0.833. The molecule has 0 atom stereocenters. The number of aromatic nitrogens is 1. The zero-order chi connectivity index (χ0) is 14.4. The largest absolute Gasteiger partial charge is 0.445 e. The highest BCUT2D eigenvalue weighted by molar-refractivity contribution is 5.19. The van der Waals surface area contributed by atoms with E-state index in [1.807, 2.05) is 0 Å². The van der Waals surface area contributed by atoms with Crippen molar-refractivity contribution in [3.63, 3.8) is 0 Å². The monoisotopic (exact) mass is 288 g/mol. The van der Waals surface area contributed by atoms with E-state index in [9.17, 15) is 0 Å². The lowest BCUT2D eigenvalue weighted by Crippen LogP contribution is -2.48. The summed E-state index contributed by atoms with van der Waals surface area (Å²) < 4.78 is 6.20. The SMILES string of the molecule is CC(C)NCCc1ncc(C23CC4CC(CC(C4)C2)C3)o1. The molecule has 0 unspecified atom stereocenters. The van der Waals surface area contributed by atoms with Crippen molar-refractivity contribution in [2.75, 3.05) is 6.54 Å². The third kappa shape index (κ3) is 2.54. The van der Waals surface area contributed by atoms with E-state index in [-0.39, 0.29) is 0 Å². The van der Waals surface area contributed by atoms with Crippen LogP contribution in [0.2, 0.25) is 0 Å².